The van der Waals surface area contributed by atoms with Crippen molar-refractivity contribution in [1.29, 1.82) is 0 Å². The van der Waals surface area contributed by atoms with Gasteiger partial charge in [0.1, 0.15) is 48.8 Å². The van der Waals surface area contributed by atoms with E-state index in [0.717, 1.165) is 77.0 Å². The summed E-state index contributed by atoms with van der Waals surface area (Å²) in [6, 6.07) is -0.833. The molecular formula is C50H91NO13. The Morgan fingerprint density at radius 3 is 1.58 bits per heavy atom. The zero-order chi connectivity index (χ0) is 46.8. The molecule has 0 aliphatic carbocycles. The lowest BCUT2D eigenvalue weighted by atomic mass is 9.97. The Hall–Kier alpha value is -1.79. The molecule has 0 spiro atoms. The zero-order valence-electron chi connectivity index (χ0n) is 39.5. The van der Waals surface area contributed by atoms with Gasteiger partial charge in [0.05, 0.1) is 32.0 Å². The number of hydrogen-bond acceptors (Lipinski definition) is 13. The van der Waals surface area contributed by atoms with Gasteiger partial charge in [-0.1, -0.05) is 159 Å². The fourth-order valence-corrected chi connectivity index (χ4v) is 8.18. The fourth-order valence-electron chi connectivity index (χ4n) is 8.18. The van der Waals surface area contributed by atoms with Gasteiger partial charge in [-0.3, -0.25) is 4.79 Å². The Balaban J connectivity index is 1.79. The molecule has 64 heavy (non-hydrogen) atoms. The Kier molecular flexibility index (Phi) is 33.9. The molecule has 12 atom stereocenters. The molecule has 0 aromatic rings. The average molecular weight is 914 g/mol. The van der Waals surface area contributed by atoms with Crippen LogP contribution < -0.4 is 5.32 Å². The summed E-state index contributed by atoms with van der Waals surface area (Å²) < 4.78 is 22.7. The van der Waals surface area contributed by atoms with Gasteiger partial charge in [0, 0.05) is 6.42 Å². The van der Waals surface area contributed by atoms with Crippen LogP contribution in [0, 0.1) is 0 Å². The van der Waals surface area contributed by atoms with Crippen LogP contribution in [-0.4, -0.2) is 140 Å². The predicted molar refractivity (Wildman–Crippen MR) is 249 cm³/mol. The molecule has 2 heterocycles. The maximum atomic E-state index is 13.1. The number of rotatable bonds is 38. The van der Waals surface area contributed by atoms with E-state index in [1.807, 2.05) is 0 Å². The quantitative estimate of drug-likeness (QED) is 0.0244. The maximum absolute atomic E-state index is 13.1. The highest BCUT2D eigenvalue weighted by Crippen LogP contribution is 2.30. The third kappa shape index (κ3) is 24.3. The minimum Gasteiger partial charge on any atom is -0.394 e. The van der Waals surface area contributed by atoms with E-state index in [9.17, 15) is 45.6 Å². The molecule has 2 fully saturated rings. The molecule has 0 aromatic carbocycles. The van der Waals surface area contributed by atoms with E-state index in [4.69, 9.17) is 18.9 Å². The average Bonchev–Trinajstić information content (AvgIpc) is 3.29. The number of hydrogen-bond donors (Lipinski definition) is 9. The SMILES string of the molecule is CCCCCCC/C=C\C/C=C\C/C=C\CCCCCCCCC(=O)NC(COC1OC(CO)C(OC2OC(CO)C(O)C(O)C2O)C(O)C1O)C(O)CCCCCCCCCCC. The van der Waals surface area contributed by atoms with Gasteiger partial charge >= 0.3 is 0 Å². The summed E-state index contributed by atoms with van der Waals surface area (Å²) in [5, 5.41) is 86.7. The number of amides is 1. The predicted octanol–water partition coefficient (Wildman–Crippen LogP) is 6.32. The first-order valence-corrected chi connectivity index (χ1v) is 25.2. The smallest absolute Gasteiger partial charge is 0.220 e. The first kappa shape index (κ1) is 58.3. The number of carbonyl (C=O) groups is 1. The van der Waals surface area contributed by atoms with Crippen LogP contribution in [0.25, 0.3) is 0 Å². The van der Waals surface area contributed by atoms with Gasteiger partial charge in [-0.05, 0) is 51.4 Å². The van der Waals surface area contributed by atoms with Crippen molar-refractivity contribution in [3.8, 4) is 0 Å². The molecule has 0 bridgehead atoms. The summed E-state index contributed by atoms with van der Waals surface area (Å²) in [4.78, 5) is 13.1. The second-order valence-electron chi connectivity index (χ2n) is 17.9. The van der Waals surface area contributed by atoms with Crippen molar-refractivity contribution < 1.29 is 64.6 Å². The molecule has 0 aromatic heterocycles. The lowest BCUT2D eigenvalue weighted by molar-refractivity contribution is -0.359. The highest BCUT2D eigenvalue weighted by Gasteiger charge is 2.51. The third-order valence-electron chi connectivity index (χ3n) is 12.4. The van der Waals surface area contributed by atoms with E-state index >= 15 is 0 Å². The summed E-state index contributed by atoms with van der Waals surface area (Å²) in [7, 11) is 0. The van der Waals surface area contributed by atoms with Gasteiger partial charge in [0.2, 0.25) is 5.91 Å². The van der Waals surface area contributed by atoms with Crippen LogP contribution in [0.15, 0.2) is 36.5 Å². The highest BCUT2D eigenvalue weighted by atomic mass is 16.7. The Bertz CT molecular complexity index is 1220. The number of aliphatic hydroxyl groups is 8. The van der Waals surface area contributed by atoms with E-state index in [1.54, 1.807) is 0 Å². The van der Waals surface area contributed by atoms with Crippen molar-refractivity contribution >= 4 is 5.91 Å². The normalized spacial score (nSPS) is 27.5. The van der Waals surface area contributed by atoms with Crippen LogP contribution in [-0.2, 0) is 23.7 Å². The van der Waals surface area contributed by atoms with Gasteiger partial charge < -0.3 is 65.1 Å². The molecule has 2 saturated heterocycles. The lowest BCUT2D eigenvalue weighted by Crippen LogP contribution is -2.65. The lowest BCUT2D eigenvalue weighted by Gasteiger charge is -2.46. The van der Waals surface area contributed by atoms with E-state index < -0.39 is 86.8 Å². The fraction of sp³-hybridized carbons (Fsp3) is 0.860. The van der Waals surface area contributed by atoms with Crippen molar-refractivity contribution in [2.24, 2.45) is 0 Å². The van der Waals surface area contributed by atoms with Gasteiger partial charge in [0.15, 0.2) is 12.6 Å². The maximum Gasteiger partial charge on any atom is 0.220 e. The molecule has 0 radical (unpaired) electrons. The van der Waals surface area contributed by atoms with Crippen LogP contribution >= 0.6 is 0 Å². The Labute approximate surface area is 385 Å². The summed E-state index contributed by atoms with van der Waals surface area (Å²) in [5.41, 5.74) is 0. The summed E-state index contributed by atoms with van der Waals surface area (Å²) in [5.74, 6) is -0.223. The Morgan fingerprint density at radius 1 is 0.562 bits per heavy atom. The number of carbonyl (C=O) groups excluding carboxylic acids is 1. The second-order valence-corrected chi connectivity index (χ2v) is 17.9. The molecule has 2 rings (SSSR count). The molecule has 0 saturated carbocycles. The monoisotopic (exact) mass is 914 g/mol. The van der Waals surface area contributed by atoms with Crippen LogP contribution in [0.4, 0.5) is 0 Å². The summed E-state index contributed by atoms with van der Waals surface area (Å²) >= 11 is 0. The summed E-state index contributed by atoms with van der Waals surface area (Å²) in [6.45, 7) is 2.79. The summed E-state index contributed by atoms with van der Waals surface area (Å²) in [6.07, 6.45) is 24.4. The van der Waals surface area contributed by atoms with Crippen molar-refractivity contribution in [2.75, 3.05) is 19.8 Å². The second kappa shape index (κ2) is 37.2. The van der Waals surface area contributed by atoms with Gasteiger partial charge in [-0.15, -0.1) is 0 Å². The Morgan fingerprint density at radius 2 is 1.03 bits per heavy atom. The van der Waals surface area contributed by atoms with Gasteiger partial charge in [-0.2, -0.15) is 0 Å². The van der Waals surface area contributed by atoms with E-state index in [2.05, 4.69) is 55.6 Å². The van der Waals surface area contributed by atoms with Crippen LogP contribution in [0.3, 0.4) is 0 Å². The van der Waals surface area contributed by atoms with Crippen LogP contribution in [0.2, 0.25) is 0 Å². The number of allylic oxidation sites excluding steroid dienone is 6. The number of aliphatic hydroxyl groups excluding tert-OH is 8. The molecule has 374 valence electrons. The van der Waals surface area contributed by atoms with Crippen molar-refractivity contribution in [3.05, 3.63) is 36.5 Å². The van der Waals surface area contributed by atoms with Gasteiger partial charge in [-0.25, -0.2) is 0 Å². The topological polar surface area (TPSA) is 228 Å². The van der Waals surface area contributed by atoms with E-state index in [1.165, 1.54) is 70.6 Å². The molecule has 9 N–H and O–H groups in total. The molecule has 2 aliphatic heterocycles. The largest absolute Gasteiger partial charge is 0.394 e. The molecule has 1 amide bonds. The van der Waals surface area contributed by atoms with Crippen molar-refractivity contribution in [3.63, 3.8) is 0 Å². The minimum absolute atomic E-state index is 0.223. The molecule has 14 heteroatoms. The first-order valence-electron chi connectivity index (χ1n) is 25.2. The minimum atomic E-state index is -1.78. The third-order valence-corrected chi connectivity index (χ3v) is 12.4. The van der Waals surface area contributed by atoms with Gasteiger partial charge in [0.25, 0.3) is 0 Å². The standard InChI is InChI=1S/C50H91NO13/c1-3-5-7-9-11-13-14-15-16-17-18-19-20-21-22-23-24-26-28-30-32-34-42(55)51-38(39(54)33-31-29-27-25-12-10-8-6-4-2)37-61-49-47(60)45(58)48(41(36-53)63-49)64-50-46(59)44(57)43(56)40(35-52)62-50/h14-15,17-18,20-21,38-41,43-50,52-54,56-60H,3-13,16,19,22-37H2,1-2H3,(H,51,55)/b15-14-,18-17-,21-20-. The van der Waals surface area contributed by atoms with Crippen molar-refractivity contribution in [2.45, 2.75) is 254 Å². The molecule has 12 unspecified atom stereocenters. The van der Waals surface area contributed by atoms with Crippen LogP contribution in [0.1, 0.15) is 181 Å². The number of unbranched alkanes of at least 4 members (excludes halogenated alkanes) is 19. The molecule has 14 nitrogen and oxygen atoms in total. The van der Waals surface area contributed by atoms with E-state index in [-0.39, 0.29) is 18.9 Å². The van der Waals surface area contributed by atoms with Crippen LogP contribution in [0.5, 0.6) is 0 Å². The molecular weight excluding hydrogens is 823 g/mol. The zero-order valence-corrected chi connectivity index (χ0v) is 39.5. The van der Waals surface area contributed by atoms with Crippen molar-refractivity contribution in [1.82, 2.24) is 5.32 Å². The highest BCUT2D eigenvalue weighted by molar-refractivity contribution is 5.76. The number of nitrogens with one attached hydrogen (secondary N) is 1. The number of ether oxygens (including phenoxy) is 4. The first-order chi connectivity index (χ1) is 31.1. The molecule has 2 aliphatic rings. The van der Waals surface area contributed by atoms with E-state index in [0.29, 0.717) is 12.8 Å².